The number of amides is 1. The van der Waals surface area contributed by atoms with Crippen LogP contribution < -0.4 is 5.32 Å². The quantitative estimate of drug-likeness (QED) is 0.279. The summed E-state index contributed by atoms with van der Waals surface area (Å²) >= 11 is 9.62. The van der Waals surface area contributed by atoms with Gasteiger partial charge in [-0.3, -0.25) is 9.20 Å². The molecule has 0 atom stereocenters. The van der Waals surface area contributed by atoms with E-state index in [0.717, 1.165) is 32.7 Å². The number of benzene rings is 3. The number of carbonyl (C=O) groups is 1. The highest BCUT2D eigenvalue weighted by atomic mass is 79.9. The Labute approximate surface area is 198 Å². The van der Waals surface area contributed by atoms with Crippen LogP contribution in [-0.4, -0.2) is 15.3 Å². The van der Waals surface area contributed by atoms with Gasteiger partial charge in [-0.05, 0) is 48.5 Å². The summed E-state index contributed by atoms with van der Waals surface area (Å²) < 4.78 is 2.95. The van der Waals surface area contributed by atoms with Gasteiger partial charge in [0.05, 0.1) is 17.0 Å². The number of hydrogen-bond acceptors (Lipinski definition) is 2. The van der Waals surface area contributed by atoms with E-state index in [1.807, 2.05) is 95.5 Å². The first-order chi connectivity index (χ1) is 15.6. The van der Waals surface area contributed by atoms with E-state index in [0.29, 0.717) is 16.2 Å². The van der Waals surface area contributed by atoms with Crippen molar-refractivity contribution in [2.75, 3.05) is 5.32 Å². The number of halogens is 2. The third-order valence-electron chi connectivity index (χ3n) is 5.16. The number of anilines is 1. The van der Waals surface area contributed by atoms with Gasteiger partial charge in [-0.15, -0.1) is 0 Å². The van der Waals surface area contributed by atoms with Crippen LogP contribution in [0, 0.1) is 0 Å². The third kappa shape index (κ3) is 3.93. The van der Waals surface area contributed by atoms with Gasteiger partial charge in [0.15, 0.2) is 5.65 Å². The first-order valence-electron chi connectivity index (χ1n) is 9.99. The van der Waals surface area contributed by atoms with Gasteiger partial charge < -0.3 is 5.32 Å². The van der Waals surface area contributed by atoms with Crippen molar-refractivity contribution in [2.24, 2.45) is 0 Å². The van der Waals surface area contributed by atoms with Crippen LogP contribution >= 0.6 is 27.5 Å². The van der Waals surface area contributed by atoms with Gasteiger partial charge in [0, 0.05) is 32.5 Å². The summed E-state index contributed by atoms with van der Waals surface area (Å²) in [4.78, 5) is 18.1. The van der Waals surface area contributed by atoms with E-state index < -0.39 is 0 Å². The minimum atomic E-state index is -0.211. The molecule has 0 saturated carbocycles. The summed E-state index contributed by atoms with van der Waals surface area (Å²) in [6, 6.07) is 28.7. The number of para-hydroxylation sites is 1. The molecule has 1 amide bonds. The minimum Gasteiger partial charge on any atom is -0.322 e. The number of nitrogens with one attached hydrogen (secondary N) is 1. The fourth-order valence-electron chi connectivity index (χ4n) is 3.66. The topological polar surface area (TPSA) is 46.4 Å². The molecular formula is C26H17BrClN3O. The summed E-state index contributed by atoms with van der Waals surface area (Å²) in [5, 5.41) is 3.62. The maximum absolute atomic E-state index is 13.1. The Balaban J connectivity index is 1.70. The molecule has 6 heteroatoms. The van der Waals surface area contributed by atoms with Crippen molar-refractivity contribution >= 4 is 44.8 Å². The van der Waals surface area contributed by atoms with E-state index in [-0.39, 0.29) is 5.91 Å². The van der Waals surface area contributed by atoms with Crippen molar-refractivity contribution in [2.45, 2.75) is 0 Å². The Hall–Kier alpha value is -3.41. The lowest BCUT2D eigenvalue weighted by Gasteiger charge is -2.08. The van der Waals surface area contributed by atoms with Gasteiger partial charge in [-0.1, -0.05) is 70.0 Å². The Bertz CT molecular complexity index is 1410. The molecule has 5 aromatic rings. The largest absolute Gasteiger partial charge is 0.322 e. The summed E-state index contributed by atoms with van der Waals surface area (Å²) in [6.07, 6.45) is 1.92. The standard InChI is InChI=1S/C26H17BrClN3O/c27-19-12-8-17(9-13-19)23-24(18-10-14-20(28)15-11-18)31-16-4-7-22(25(31)30-23)26(32)29-21-5-2-1-3-6-21/h1-16H,(H,29,32). The zero-order valence-electron chi connectivity index (χ0n) is 16.8. The van der Waals surface area contributed by atoms with E-state index in [9.17, 15) is 4.79 Å². The average Bonchev–Trinajstić information content (AvgIpc) is 3.20. The molecule has 2 heterocycles. The molecule has 0 spiro atoms. The summed E-state index contributed by atoms with van der Waals surface area (Å²) in [5.41, 5.74) is 5.42. The SMILES string of the molecule is O=C(Nc1ccccc1)c1cccn2c(-c3ccc(Cl)cc3)c(-c3ccc(Br)cc3)nc12. The number of fused-ring (bicyclic) bond motifs is 1. The van der Waals surface area contributed by atoms with E-state index >= 15 is 0 Å². The molecule has 0 radical (unpaired) electrons. The average molecular weight is 503 g/mol. The van der Waals surface area contributed by atoms with Gasteiger partial charge in [-0.25, -0.2) is 4.98 Å². The monoisotopic (exact) mass is 501 g/mol. The molecule has 156 valence electrons. The number of aromatic nitrogens is 2. The van der Waals surface area contributed by atoms with Crippen LogP contribution in [0.1, 0.15) is 10.4 Å². The molecule has 4 nitrogen and oxygen atoms in total. The minimum absolute atomic E-state index is 0.211. The normalized spacial score (nSPS) is 10.9. The Morgan fingerprint density at radius 2 is 1.53 bits per heavy atom. The Morgan fingerprint density at radius 1 is 0.844 bits per heavy atom. The van der Waals surface area contributed by atoms with Crippen LogP contribution in [0.3, 0.4) is 0 Å². The van der Waals surface area contributed by atoms with Crippen molar-refractivity contribution in [3.63, 3.8) is 0 Å². The summed E-state index contributed by atoms with van der Waals surface area (Å²) in [7, 11) is 0. The maximum atomic E-state index is 13.1. The second-order valence-electron chi connectivity index (χ2n) is 7.26. The maximum Gasteiger partial charge on any atom is 0.259 e. The van der Waals surface area contributed by atoms with Gasteiger partial charge in [0.25, 0.3) is 5.91 Å². The Morgan fingerprint density at radius 3 is 2.25 bits per heavy atom. The molecule has 0 aliphatic rings. The van der Waals surface area contributed by atoms with Gasteiger partial charge in [0.1, 0.15) is 0 Å². The van der Waals surface area contributed by atoms with Crippen molar-refractivity contribution in [3.8, 4) is 22.5 Å². The molecule has 2 aromatic heterocycles. The number of nitrogens with zero attached hydrogens (tertiary/aromatic N) is 2. The smallest absolute Gasteiger partial charge is 0.259 e. The van der Waals surface area contributed by atoms with Gasteiger partial charge in [-0.2, -0.15) is 0 Å². The molecule has 5 rings (SSSR count). The van der Waals surface area contributed by atoms with Crippen LogP contribution in [0.25, 0.3) is 28.2 Å². The molecule has 0 unspecified atom stereocenters. The van der Waals surface area contributed by atoms with Crippen molar-refractivity contribution in [3.05, 3.63) is 112 Å². The molecule has 0 saturated heterocycles. The predicted octanol–water partition coefficient (Wildman–Crippen LogP) is 7.34. The summed E-state index contributed by atoms with van der Waals surface area (Å²) in [6.45, 7) is 0. The number of hydrogen-bond donors (Lipinski definition) is 1. The molecule has 0 bridgehead atoms. The predicted molar refractivity (Wildman–Crippen MR) is 133 cm³/mol. The number of pyridine rings is 1. The highest BCUT2D eigenvalue weighted by molar-refractivity contribution is 9.10. The third-order valence-corrected chi connectivity index (χ3v) is 5.94. The molecule has 32 heavy (non-hydrogen) atoms. The first kappa shape index (κ1) is 20.5. The van der Waals surface area contributed by atoms with Crippen LogP contribution in [0.2, 0.25) is 5.02 Å². The van der Waals surface area contributed by atoms with E-state index in [1.54, 1.807) is 6.07 Å². The second-order valence-corrected chi connectivity index (χ2v) is 8.61. The van der Waals surface area contributed by atoms with Crippen molar-refractivity contribution in [1.82, 2.24) is 9.38 Å². The fourth-order valence-corrected chi connectivity index (χ4v) is 4.05. The molecule has 3 aromatic carbocycles. The zero-order chi connectivity index (χ0) is 22.1. The van der Waals surface area contributed by atoms with Gasteiger partial charge in [0.2, 0.25) is 0 Å². The Kier molecular flexibility index (Phi) is 5.52. The number of imidazole rings is 1. The van der Waals surface area contributed by atoms with Crippen LogP contribution in [0.15, 0.2) is 102 Å². The highest BCUT2D eigenvalue weighted by Gasteiger charge is 2.20. The molecular weight excluding hydrogens is 486 g/mol. The van der Waals surface area contributed by atoms with Crippen molar-refractivity contribution in [1.29, 1.82) is 0 Å². The number of rotatable bonds is 4. The van der Waals surface area contributed by atoms with E-state index in [2.05, 4.69) is 21.2 Å². The number of carbonyl (C=O) groups excluding carboxylic acids is 1. The fraction of sp³-hybridized carbons (Fsp3) is 0. The van der Waals surface area contributed by atoms with E-state index in [4.69, 9.17) is 16.6 Å². The van der Waals surface area contributed by atoms with Crippen LogP contribution in [0.5, 0.6) is 0 Å². The van der Waals surface area contributed by atoms with Crippen LogP contribution in [0.4, 0.5) is 5.69 Å². The van der Waals surface area contributed by atoms with E-state index in [1.165, 1.54) is 0 Å². The molecule has 0 aliphatic carbocycles. The lowest BCUT2D eigenvalue weighted by molar-refractivity contribution is 0.102. The molecule has 0 fully saturated rings. The van der Waals surface area contributed by atoms with Gasteiger partial charge >= 0.3 is 0 Å². The van der Waals surface area contributed by atoms with Crippen LogP contribution in [-0.2, 0) is 0 Å². The first-order valence-corrected chi connectivity index (χ1v) is 11.2. The van der Waals surface area contributed by atoms with Crippen molar-refractivity contribution < 1.29 is 4.79 Å². The lowest BCUT2D eigenvalue weighted by Crippen LogP contribution is -2.13. The molecule has 1 N–H and O–H groups in total. The zero-order valence-corrected chi connectivity index (χ0v) is 19.1. The lowest BCUT2D eigenvalue weighted by atomic mass is 10.0. The summed E-state index contributed by atoms with van der Waals surface area (Å²) in [5.74, 6) is -0.211. The molecule has 0 aliphatic heterocycles. The second kappa shape index (κ2) is 8.61. The highest BCUT2D eigenvalue weighted by Crippen LogP contribution is 2.35.